The first-order valence-electron chi connectivity index (χ1n) is 9.43. The fourth-order valence-electron chi connectivity index (χ4n) is 2.63. The van der Waals surface area contributed by atoms with Crippen LogP contribution in [0.25, 0.3) is 11.3 Å². The number of rotatable bonds is 5. The van der Waals surface area contributed by atoms with Gasteiger partial charge in [0.15, 0.2) is 0 Å². The molecule has 0 unspecified atom stereocenters. The Morgan fingerprint density at radius 1 is 1.00 bits per heavy atom. The van der Waals surface area contributed by atoms with Gasteiger partial charge in [-0.05, 0) is 36.8 Å². The third-order valence-corrected chi connectivity index (χ3v) is 5.13. The molecule has 0 aliphatic carbocycles. The van der Waals surface area contributed by atoms with Gasteiger partial charge < -0.3 is 10.6 Å². The molecule has 1 aromatic heterocycles. The first kappa shape index (κ1) is 20.7. The van der Waals surface area contributed by atoms with Gasteiger partial charge >= 0.3 is 0 Å². The second-order valence-electron chi connectivity index (χ2n) is 8.00. The van der Waals surface area contributed by atoms with Crippen molar-refractivity contribution in [2.45, 2.75) is 34.1 Å². The van der Waals surface area contributed by atoms with Crippen molar-refractivity contribution < 1.29 is 9.59 Å². The second-order valence-corrected chi connectivity index (χ2v) is 8.95. The van der Waals surface area contributed by atoms with Crippen LogP contribution >= 0.6 is 11.3 Å². The maximum absolute atomic E-state index is 12.3. The molecule has 6 heteroatoms. The lowest BCUT2D eigenvalue weighted by atomic mass is 9.95. The van der Waals surface area contributed by atoms with Gasteiger partial charge in [-0.3, -0.25) is 9.59 Å². The molecule has 0 radical (unpaired) electrons. The standard InChI is InChI=1S/C23H25N3O2S/c1-15-6-5-7-18(12-15)24-20(27)13-21-26-19(14-29-21)16-8-10-17(11-9-16)25-22(28)23(2,3)4/h5-12,14H,13H2,1-4H3,(H,24,27)(H,25,28). The van der Waals surface area contributed by atoms with Crippen LogP contribution in [0.4, 0.5) is 11.4 Å². The average Bonchev–Trinajstić information content (AvgIpc) is 3.09. The van der Waals surface area contributed by atoms with Gasteiger partial charge in [0.1, 0.15) is 5.01 Å². The van der Waals surface area contributed by atoms with Gasteiger partial charge in [-0.25, -0.2) is 4.98 Å². The molecule has 0 spiro atoms. The summed E-state index contributed by atoms with van der Waals surface area (Å²) in [6.07, 6.45) is 0.234. The summed E-state index contributed by atoms with van der Waals surface area (Å²) in [5.74, 6) is -0.113. The van der Waals surface area contributed by atoms with E-state index in [0.29, 0.717) is 0 Å². The normalized spacial score (nSPS) is 11.2. The molecule has 0 saturated heterocycles. The first-order valence-corrected chi connectivity index (χ1v) is 10.3. The van der Waals surface area contributed by atoms with Crippen LogP contribution in [0.1, 0.15) is 31.3 Å². The fraction of sp³-hybridized carbons (Fsp3) is 0.261. The molecule has 2 N–H and O–H groups in total. The number of nitrogens with zero attached hydrogens (tertiary/aromatic N) is 1. The van der Waals surface area contributed by atoms with Crippen molar-refractivity contribution in [2.24, 2.45) is 5.41 Å². The van der Waals surface area contributed by atoms with E-state index in [-0.39, 0.29) is 18.2 Å². The zero-order valence-corrected chi connectivity index (χ0v) is 17.9. The molecule has 0 fully saturated rings. The van der Waals surface area contributed by atoms with Crippen molar-refractivity contribution >= 4 is 34.5 Å². The third kappa shape index (κ3) is 5.74. The van der Waals surface area contributed by atoms with Crippen LogP contribution in [0.2, 0.25) is 0 Å². The molecule has 3 rings (SSSR count). The van der Waals surface area contributed by atoms with Gasteiger partial charge in [0.25, 0.3) is 0 Å². The summed E-state index contributed by atoms with van der Waals surface area (Å²) >= 11 is 1.46. The van der Waals surface area contributed by atoms with E-state index in [1.807, 2.05) is 81.6 Å². The minimum absolute atomic E-state index is 0.0270. The molecule has 0 aliphatic heterocycles. The largest absolute Gasteiger partial charge is 0.326 e. The van der Waals surface area contributed by atoms with E-state index in [9.17, 15) is 9.59 Å². The SMILES string of the molecule is Cc1cccc(NC(=O)Cc2nc(-c3ccc(NC(=O)C(C)(C)C)cc3)cs2)c1. The van der Waals surface area contributed by atoms with Crippen LogP contribution in [0.3, 0.4) is 0 Å². The van der Waals surface area contributed by atoms with E-state index >= 15 is 0 Å². The maximum Gasteiger partial charge on any atom is 0.231 e. The Morgan fingerprint density at radius 3 is 2.38 bits per heavy atom. The zero-order valence-electron chi connectivity index (χ0n) is 17.1. The Hall–Kier alpha value is -2.99. The first-order chi connectivity index (χ1) is 13.7. The van der Waals surface area contributed by atoms with Crippen LogP contribution in [-0.2, 0) is 16.0 Å². The Kier molecular flexibility index (Phi) is 6.13. The monoisotopic (exact) mass is 407 g/mol. The number of carbonyl (C=O) groups excluding carboxylic acids is 2. The lowest BCUT2D eigenvalue weighted by Gasteiger charge is -2.17. The number of carbonyl (C=O) groups is 2. The molecular weight excluding hydrogens is 382 g/mol. The summed E-state index contributed by atoms with van der Waals surface area (Å²) in [6, 6.07) is 15.3. The van der Waals surface area contributed by atoms with Gasteiger partial charge in [-0.1, -0.05) is 45.0 Å². The number of benzene rings is 2. The zero-order chi connectivity index (χ0) is 21.0. The predicted octanol–water partition coefficient (Wildman–Crippen LogP) is 5.28. The molecule has 29 heavy (non-hydrogen) atoms. The summed E-state index contributed by atoms with van der Waals surface area (Å²) in [7, 11) is 0. The maximum atomic E-state index is 12.3. The average molecular weight is 408 g/mol. The fourth-order valence-corrected chi connectivity index (χ4v) is 3.43. The number of anilines is 2. The molecule has 5 nitrogen and oxygen atoms in total. The van der Waals surface area contributed by atoms with Gasteiger partial charge in [0.05, 0.1) is 12.1 Å². The van der Waals surface area contributed by atoms with Gasteiger partial charge in [0, 0.05) is 27.7 Å². The quantitative estimate of drug-likeness (QED) is 0.604. The molecule has 2 aromatic carbocycles. The molecule has 0 bridgehead atoms. The minimum atomic E-state index is -0.443. The summed E-state index contributed by atoms with van der Waals surface area (Å²) < 4.78 is 0. The second kappa shape index (κ2) is 8.57. The highest BCUT2D eigenvalue weighted by molar-refractivity contribution is 7.10. The number of hydrogen-bond donors (Lipinski definition) is 2. The smallest absolute Gasteiger partial charge is 0.231 e. The highest BCUT2D eigenvalue weighted by Crippen LogP contribution is 2.25. The number of thiazole rings is 1. The molecule has 0 saturated carbocycles. The van der Waals surface area contributed by atoms with E-state index in [1.54, 1.807) is 0 Å². The molecule has 0 atom stereocenters. The molecule has 0 aliphatic rings. The summed E-state index contributed by atoms with van der Waals surface area (Å²) in [4.78, 5) is 28.9. The van der Waals surface area contributed by atoms with E-state index in [4.69, 9.17) is 0 Å². The van der Waals surface area contributed by atoms with Crippen molar-refractivity contribution in [3.8, 4) is 11.3 Å². The summed E-state index contributed by atoms with van der Waals surface area (Å²) in [6.45, 7) is 7.62. The number of nitrogens with one attached hydrogen (secondary N) is 2. The number of amides is 2. The third-order valence-electron chi connectivity index (χ3n) is 4.29. The molecule has 2 amide bonds. The van der Waals surface area contributed by atoms with E-state index in [0.717, 1.165) is 33.2 Å². The Bertz CT molecular complexity index is 1020. The van der Waals surface area contributed by atoms with Gasteiger partial charge in [0.2, 0.25) is 11.8 Å². The minimum Gasteiger partial charge on any atom is -0.326 e. The van der Waals surface area contributed by atoms with E-state index in [1.165, 1.54) is 11.3 Å². The molecule has 150 valence electrons. The van der Waals surface area contributed by atoms with Crippen LogP contribution in [0.15, 0.2) is 53.9 Å². The topological polar surface area (TPSA) is 71.1 Å². The summed E-state index contributed by atoms with van der Waals surface area (Å²) in [5, 5.41) is 8.52. The van der Waals surface area contributed by atoms with E-state index in [2.05, 4.69) is 15.6 Å². The Balaban J connectivity index is 1.62. The van der Waals surface area contributed by atoms with Crippen LogP contribution in [-0.4, -0.2) is 16.8 Å². The van der Waals surface area contributed by atoms with Crippen LogP contribution < -0.4 is 10.6 Å². The van der Waals surface area contributed by atoms with Gasteiger partial charge in [-0.2, -0.15) is 0 Å². The molecule has 1 heterocycles. The number of aryl methyl sites for hydroxylation is 1. The predicted molar refractivity (Wildman–Crippen MR) is 119 cm³/mol. The Morgan fingerprint density at radius 2 is 1.72 bits per heavy atom. The lowest BCUT2D eigenvalue weighted by molar-refractivity contribution is -0.123. The summed E-state index contributed by atoms with van der Waals surface area (Å²) in [5.41, 5.74) is 3.96. The number of hydrogen-bond acceptors (Lipinski definition) is 4. The van der Waals surface area contributed by atoms with Crippen LogP contribution in [0, 0.1) is 12.3 Å². The number of aromatic nitrogens is 1. The van der Waals surface area contributed by atoms with E-state index < -0.39 is 5.41 Å². The van der Waals surface area contributed by atoms with Crippen molar-refractivity contribution in [1.29, 1.82) is 0 Å². The van der Waals surface area contributed by atoms with Crippen molar-refractivity contribution in [1.82, 2.24) is 4.98 Å². The highest BCUT2D eigenvalue weighted by atomic mass is 32.1. The van der Waals surface area contributed by atoms with Gasteiger partial charge in [-0.15, -0.1) is 11.3 Å². The molecular formula is C23H25N3O2S. The van der Waals surface area contributed by atoms with Crippen molar-refractivity contribution in [3.05, 3.63) is 64.5 Å². The lowest BCUT2D eigenvalue weighted by Crippen LogP contribution is -2.27. The highest BCUT2D eigenvalue weighted by Gasteiger charge is 2.21. The van der Waals surface area contributed by atoms with Crippen LogP contribution in [0.5, 0.6) is 0 Å². The Labute approximate surface area is 175 Å². The van der Waals surface area contributed by atoms with Crippen molar-refractivity contribution in [3.63, 3.8) is 0 Å². The van der Waals surface area contributed by atoms with Crippen molar-refractivity contribution in [2.75, 3.05) is 10.6 Å². The molecule has 3 aromatic rings.